The quantitative estimate of drug-likeness (QED) is 0.877. The van der Waals surface area contributed by atoms with Crippen LogP contribution in [0.25, 0.3) is 0 Å². The molecule has 2 rings (SSSR count). The van der Waals surface area contributed by atoms with E-state index in [2.05, 4.69) is 12.2 Å². The molecule has 3 heteroatoms. The fourth-order valence-electron chi connectivity index (χ4n) is 2.51. The van der Waals surface area contributed by atoms with Crippen LogP contribution in [0, 0.1) is 20.8 Å². The second kappa shape index (κ2) is 7.32. The van der Waals surface area contributed by atoms with Gasteiger partial charge in [-0.3, -0.25) is 4.79 Å². The van der Waals surface area contributed by atoms with Crippen molar-refractivity contribution in [1.29, 1.82) is 0 Å². The number of ether oxygens (including phenoxy) is 1. The number of nitrogens with one attached hydrogen (secondary N) is 1. The Hall–Kier alpha value is -2.29. The van der Waals surface area contributed by atoms with Crippen molar-refractivity contribution in [3.63, 3.8) is 0 Å². The van der Waals surface area contributed by atoms with Crippen LogP contribution in [0.4, 0.5) is 5.69 Å². The normalized spacial score (nSPS) is 11.9. The summed E-state index contributed by atoms with van der Waals surface area (Å²) < 4.78 is 5.86. The van der Waals surface area contributed by atoms with E-state index in [9.17, 15) is 4.79 Å². The number of anilines is 1. The Labute approximate surface area is 138 Å². The van der Waals surface area contributed by atoms with Gasteiger partial charge in [0.2, 0.25) is 0 Å². The van der Waals surface area contributed by atoms with Gasteiger partial charge in [0.15, 0.2) is 6.10 Å². The van der Waals surface area contributed by atoms with E-state index in [1.165, 1.54) is 0 Å². The Kier molecular flexibility index (Phi) is 5.43. The maximum atomic E-state index is 12.5. The second-order valence-corrected chi connectivity index (χ2v) is 5.98. The van der Waals surface area contributed by atoms with E-state index in [-0.39, 0.29) is 5.91 Å². The van der Waals surface area contributed by atoms with Crippen molar-refractivity contribution in [2.45, 2.75) is 47.1 Å². The Morgan fingerprint density at radius 2 is 1.87 bits per heavy atom. The van der Waals surface area contributed by atoms with E-state index in [4.69, 9.17) is 4.74 Å². The molecule has 122 valence electrons. The van der Waals surface area contributed by atoms with E-state index >= 15 is 0 Å². The molecule has 0 unspecified atom stereocenters. The predicted octanol–water partition coefficient (Wildman–Crippen LogP) is 4.58. The van der Waals surface area contributed by atoms with Gasteiger partial charge < -0.3 is 10.1 Å². The molecule has 1 amide bonds. The van der Waals surface area contributed by atoms with Gasteiger partial charge in [0.25, 0.3) is 5.91 Å². The first-order chi connectivity index (χ1) is 10.9. The van der Waals surface area contributed by atoms with Gasteiger partial charge in [0, 0.05) is 5.69 Å². The predicted molar refractivity (Wildman–Crippen MR) is 95.2 cm³/mol. The summed E-state index contributed by atoms with van der Waals surface area (Å²) in [6.07, 6.45) is 0.323. The zero-order valence-electron chi connectivity index (χ0n) is 14.6. The highest BCUT2D eigenvalue weighted by Gasteiger charge is 2.18. The lowest BCUT2D eigenvalue weighted by molar-refractivity contribution is -0.122. The average molecular weight is 311 g/mol. The molecule has 0 aliphatic rings. The van der Waals surface area contributed by atoms with Crippen LogP contribution < -0.4 is 10.1 Å². The Morgan fingerprint density at radius 3 is 2.57 bits per heavy atom. The third kappa shape index (κ3) is 4.13. The van der Waals surface area contributed by atoms with Crippen molar-refractivity contribution in [3.05, 3.63) is 58.7 Å². The number of hydrogen-bond acceptors (Lipinski definition) is 2. The summed E-state index contributed by atoms with van der Waals surface area (Å²) in [5.41, 5.74) is 5.25. The van der Waals surface area contributed by atoms with E-state index in [1.54, 1.807) is 6.92 Å². The molecular weight excluding hydrogens is 286 g/mol. The fourth-order valence-corrected chi connectivity index (χ4v) is 2.51. The minimum atomic E-state index is -0.556. The molecule has 3 nitrogen and oxygen atoms in total. The van der Waals surface area contributed by atoms with Crippen LogP contribution >= 0.6 is 0 Å². The number of benzene rings is 2. The molecule has 23 heavy (non-hydrogen) atoms. The van der Waals surface area contributed by atoms with Gasteiger partial charge in [0.1, 0.15) is 5.75 Å². The molecule has 0 bridgehead atoms. The molecule has 2 aromatic carbocycles. The van der Waals surface area contributed by atoms with Crippen molar-refractivity contribution in [1.82, 2.24) is 0 Å². The smallest absolute Gasteiger partial charge is 0.265 e. The molecule has 0 aromatic heterocycles. The first-order valence-electron chi connectivity index (χ1n) is 8.05. The minimum Gasteiger partial charge on any atom is -0.481 e. The Bertz CT molecular complexity index is 707. The summed E-state index contributed by atoms with van der Waals surface area (Å²) in [4.78, 5) is 12.5. The monoisotopic (exact) mass is 311 g/mol. The van der Waals surface area contributed by atoms with Gasteiger partial charge >= 0.3 is 0 Å². The molecule has 0 saturated heterocycles. The van der Waals surface area contributed by atoms with Crippen LogP contribution in [-0.2, 0) is 11.2 Å². The molecular formula is C20H25NO2. The average Bonchev–Trinajstić information content (AvgIpc) is 2.52. The standard InChI is InChI=1S/C20H25NO2/c1-6-17-9-7-8-15(4)19(17)21-20(22)16(5)23-18-12-13(2)10-11-14(18)3/h7-12,16H,6H2,1-5H3,(H,21,22)/t16-/m0/s1. The molecule has 0 aliphatic heterocycles. The van der Waals surface area contributed by atoms with Gasteiger partial charge in [-0.2, -0.15) is 0 Å². The number of para-hydroxylation sites is 1. The van der Waals surface area contributed by atoms with Crippen LogP contribution in [0.1, 0.15) is 36.1 Å². The van der Waals surface area contributed by atoms with Gasteiger partial charge in [-0.05, 0) is 62.4 Å². The molecule has 1 N–H and O–H groups in total. The number of carbonyl (C=O) groups is 1. The zero-order valence-corrected chi connectivity index (χ0v) is 14.6. The lowest BCUT2D eigenvalue weighted by Crippen LogP contribution is -2.31. The third-order valence-corrected chi connectivity index (χ3v) is 4.00. The molecule has 2 aromatic rings. The van der Waals surface area contributed by atoms with Gasteiger partial charge in [-0.15, -0.1) is 0 Å². The number of carbonyl (C=O) groups excluding carboxylic acids is 1. The number of hydrogen-bond donors (Lipinski definition) is 1. The van der Waals surface area contributed by atoms with Gasteiger partial charge in [-0.25, -0.2) is 0 Å². The van der Waals surface area contributed by atoms with E-state index < -0.39 is 6.10 Å². The summed E-state index contributed by atoms with van der Waals surface area (Å²) in [6.45, 7) is 9.86. The fraction of sp³-hybridized carbons (Fsp3) is 0.350. The summed E-state index contributed by atoms with van der Waals surface area (Å²) in [6, 6.07) is 12.1. The summed E-state index contributed by atoms with van der Waals surface area (Å²) in [5, 5.41) is 3.02. The van der Waals surface area contributed by atoms with Crippen molar-refractivity contribution in [2.75, 3.05) is 5.32 Å². The molecule has 0 radical (unpaired) electrons. The van der Waals surface area contributed by atoms with Crippen molar-refractivity contribution in [3.8, 4) is 5.75 Å². The van der Waals surface area contributed by atoms with Crippen molar-refractivity contribution >= 4 is 11.6 Å². The second-order valence-electron chi connectivity index (χ2n) is 5.98. The van der Waals surface area contributed by atoms with Crippen molar-refractivity contribution in [2.24, 2.45) is 0 Å². The SMILES string of the molecule is CCc1cccc(C)c1NC(=O)[C@H](C)Oc1cc(C)ccc1C. The van der Waals surface area contributed by atoms with Crippen LogP contribution in [0.5, 0.6) is 5.75 Å². The summed E-state index contributed by atoms with van der Waals surface area (Å²) in [7, 11) is 0. The lowest BCUT2D eigenvalue weighted by Gasteiger charge is -2.19. The first-order valence-corrected chi connectivity index (χ1v) is 8.05. The number of rotatable bonds is 5. The molecule has 0 saturated carbocycles. The largest absolute Gasteiger partial charge is 0.481 e. The maximum absolute atomic E-state index is 12.5. The maximum Gasteiger partial charge on any atom is 0.265 e. The topological polar surface area (TPSA) is 38.3 Å². The summed E-state index contributed by atoms with van der Waals surface area (Å²) in [5.74, 6) is 0.628. The minimum absolute atomic E-state index is 0.130. The van der Waals surface area contributed by atoms with Crippen LogP contribution in [0.2, 0.25) is 0 Å². The zero-order chi connectivity index (χ0) is 17.0. The number of amides is 1. The van der Waals surface area contributed by atoms with Gasteiger partial charge in [0.05, 0.1) is 0 Å². The highest BCUT2D eigenvalue weighted by atomic mass is 16.5. The molecule has 0 fully saturated rings. The van der Waals surface area contributed by atoms with E-state index in [0.29, 0.717) is 0 Å². The molecule has 1 atom stereocenters. The highest BCUT2D eigenvalue weighted by molar-refractivity contribution is 5.95. The van der Waals surface area contributed by atoms with Gasteiger partial charge in [-0.1, -0.05) is 37.3 Å². The van der Waals surface area contributed by atoms with E-state index in [1.807, 2.05) is 57.2 Å². The molecule has 0 heterocycles. The van der Waals surface area contributed by atoms with Crippen LogP contribution in [-0.4, -0.2) is 12.0 Å². The number of aryl methyl sites for hydroxylation is 4. The molecule has 0 spiro atoms. The third-order valence-electron chi connectivity index (χ3n) is 4.00. The van der Waals surface area contributed by atoms with Crippen molar-refractivity contribution < 1.29 is 9.53 Å². The van der Waals surface area contributed by atoms with Crippen LogP contribution in [0.3, 0.4) is 0 Å². The Morgan fingerprint density at radius 1 is 1.13 bits per heavy atom. The van der Waals surface area contributed by atoms with E-state index in [0.717, 1.165) is 40.1 Å². The Balaban J connectivity index is 2.13. The first kappa shape index (κ1) is 17.1. The lowest BCUT2D eigenvalue weighted by atomic mass is 10.1. The summed E-state index contributed by atoms with van der Waals surface area (Å²) >= 11 is 0. The highest BCUT2D eigenvalue weighted by Crippen LogP contribution is 2.23. The molecule has 0 aliphatic carbocycles. The van der Waals surface area contributed by atoms with Crippen LogP contribution in [0.15, 0.2) is 36.4 Å².